The van der Waals surface area contributed by atoms with Gasteiger partial charge in [-0.3, -0.25) is 4.99 Å². The molecular formula is C10H21N3O. The van der Waals surface area contributed by atoms with E-state index in [1.54, 1.807) is 0 Å². The van der Waals surface area contributed by atoms with E-state index in [-0.39, 0.29) is 0 Å². The fourth-order valence-electron chi connectivity index (χ4n) is 1.34. The summed E-state index contributed by atoms with van der Waals surface area (Å²) in [5.74, 6) is 0.995. The Morgan fingerprint density at radius 2 is 2.21 bits per heavy atom. The number of nitrogens with two attached hydrogens (primary N) is 1. The van der Waals surface area contributed by atoms with E-state index < -0.39 is 5.60 Å². The van der Waals surface area contributed by atoms with Gasteiger partial charge < -0.3 is 16.2 Å². The SMILES string of the molecule is CC(C)CNC(N)=NCC1(O)CCC1. The van der Waals surface area contributed by atoms with Gasteiger partial charge in [0.25, 0.3) is 0 Å². The first kappa shape index (κ1) is 11.3. The Bertz CT molecular complexity index is 209. The Morgan fingerprint density at radius 3 is 2.64 bits per heavy atom. The molecule has 0 saturated heterocycles. The number of nitrogens with one attached hydrogen (secondary N) is 1. The van der Waals surface area contributed by atoms with Crippen molar-refractivity contribution in [2.75, 3.05) is 13.1 Å². The predicted octanol–water partition coefficient (Wildman–Crippen LogP) is 0.462. The van der Waals surface area contributed by atoms with Crippen LogP contribution in [0.15, 0.2) is 4.99 Å². The van der Waals surface area contributed by atoms with Crippen molar-refractivity contribution in [1.29, 1.82) is 0 Å². The number of guanidine groups is 1. The molecule has 0 atom stereocenters. The highest BCUT2D eigenvalue weighted by Crippen LogP contribution is 2.31. The molecule has 4 N–H and O–H groups in total. The van der Waals surface area contributed by atoms with Crippen LogP contribution in [0.4, 0.5) is 0 Å². The van der Waals surface area contributed by atoms with Crippen LogP contribution < -0.4 is 11.1 Å². The average Bonchev–Trinajstić information content (AvgIpc) is 2.08. The fourth-order valence-corrected chi connectivity index (χ4v) is 1.34. The van der Waals surface area contributed by atoms with Gasteiger partial charge in [0, 0.05) is 6.54 Å². The maximum atomic E-state index is 9.75. The zero-order valence-corrected chi connectivity index (χ0v) is 9.08. The predicted molar refractivity (Wildman–Crippen MR) is 58.1 cm³/mol. The summed E-state index contributed by atoms with van der Waals surface area (Å²) in [4.78, 5) is 4.12. The van der Waals surface area contributed by atoms with Gasteiger partial charge in [-0.15, -0.1) is 0 Å². The van der Waals surface area contributed by atoms with Crippen LogP contribution in [0.3, 0.4) is 0 Å². The first-order chi connectivity index (χ1) is 6.52. The third-order valence-electron chi connectivity index (χ3n) is 2.52. The average molecular weight is 199 g/mol. The molecule has 1 rings (SSSR count). The minimum Gasteiger partial charge on any atom is -0.388 e. The minimum absolute atomic E-state index is 0.434. The zero-order chi connectivity index (χ0) is 10.6. The Labute approximate surface area is 85.6 Å². The summed E-state index contributed by atoms with van der Waals surface area (Å²) in [5.41, 5.74) is 5.07. The first-order valence-corrected chi connectivity index (χ1v) is 5.28. The summed E-state index contributed by atoms with van der Waals surface area (Å²) in [5, 5.41) is 12.8. The monoisotopic (exact) mass is 199 g/mol. The van der Waals surface area contributed by atoms with Crippen molar-refractivity contribution in [2.24, 2.45) is 16.6 Å². The van der Waals surface area contributed by atoms with Crippen molar-refractivity contribution in [3.05, 3.63) is 0 Å². The third-order valence-corrected chi connectivity index (χ3v) is 2.52. The van der Waals surface area contributed by atoms with Gasteiger partial charge in [0.15, 0.2) is 5.96 Å². The van der Waals surface area contributed by atoms with Gasteiger partial charge in [-0.05, 0) is 25.2 Å². The quantitative estimate of drug-likeness (QED) is 0.455. The molecule has 0 bridgehead atoms. The molecule has 1 aliphatic rings. The molecular weight excluding hydrogens is 178 g/mol. The van der Waals surface area contributed by atoms with Crippen LogP contribution in [0.25, 0.3) is 0 Å². The van der Waals surface area contributed by atoms with Crippen LogP contribution in [-0.2, 0) is 0 Å². The lowest BCUT2D eigenvalue weighted by atomic mass is 9.80. The van der Waals surface area contributed by atoms with Crippen molar-refractivity contribution >= 4 is 5.96 Å². The number of aliphatic imine (C=N–C) groups is 1. The van der Waals surface area contributed by atoms with Gasteiger partial charge in [-0.25, -0.2) is 0 Å². The minimum atomic E-state index is -0.565. The maximum Gasteiger partial charge on any atom is 0.188 e. The molecule has 0 aromatic heterocycles. The normalized spacial score (nSPS) is 20.7. The first-order valence-electron chi connectivity index (χ1n) is 5.28. The molecule has 0 heterocycles. The lowest BCUT2D eigenvalue weighted by molar-refractivity contribution is -0.0235. The third kappa shape index (κ3) is 3.54. The van der Waals surface area contributed by atoms with Gasteiger partial charge in [0.1, 0.15) is 0 Å². The van der Waals surface area contributed by atoms with Gasteiger partial charge >= 0.3 is 0 Å². The summed E-state index contributed by atoms with van der Waals surface area (Å²) in [7, 11) is 0. The number of nitrogens with zero attached hydrogens (tertiary/aromatic N) is 1. The number of rotatable bonds is 4. The van der Waals surface area contributed by atoms with Gasteiger partial charge in [0.05, 0.1) is 12.1 Å². The van der Waals surface area contributed by atoms with Crippen molar-refractivity contribution in [3.63, 3.8) is 0 Å². The molecule has 4 heteroatoms. The molecule has 0 unspecified atom stereocenters. The number of aliphatic hydroxyl groups is 1. The van der Waals surface area contributed by atoms with Crippen LogP contribution in [0.5, 0.6) is 0 Å². The van der Waals surface area contributed by atoms with Crippen molar-refractivity contribution in [1.82, 2.24) is 5.32 Å². The molecule has 1 fully saturated rings. The summed E-state index contributed by atoms with van der Waals surface area (Å²) in [6, 6.07) is 0. The van der Waals surface area contributed by atoms with E-state index in [1.165, 1.54) is 0 Å². The molecule has 0 aliphatic heterocycles. The van der Waals surface area contributed by atoms with E-state index in [0.717, 1.165) is 25.8 Å². The smallest absolute Gasteiger partial charge is 0.188 e. The lowest BCUT2D eigenvalue weighted by Gasteiger charge is -2.35. The molecule has 14 heavy (non-hydrogen) atoms. The van der Waals surface area contributed by atoms with E-state index in [4.69, 9.17) is 5.73 Å². The van der Waals surface area contributed by atoms with E-state index in [2.05, 4.69) is 24.2 Å². The van der Waals surface area contributed by atoms with E-state index >= 15 is 0 Å². The topological polar surface area (TPSA) is 70.6 Å². The van der Waals surface area contributed by atoms with Gasteiger partial charge in [0.2, 0.25) is 0 Å². The Balaban J connectivity index is 2.22. The molecule has 1 saturated carbocycles. The van der Waals surface area contributed by atoms with Crippen molar-refractivity contribution < 1.29 is 5.11 Å². The van der Waals surface area contributed by atoms with Crippen LogP contribution in [0.2, 0.25) is 0 Å². The highest BCUT2D eigenvalue weighted by molar-refractivity contribution is 5.77. The van der Waals surface area contributed by atoms with E-state index in [1.807, 2.05) is 0 Å². The molecule has 0 amide bonds. The second kappa shape index (κ2) is 4.64. The largest absolute Gasteiger partial charge is 0.388 e. The highest BCUT2D eigenvalue weighted by atomic mass is 16.3. The van der Waals surface area contributed by atoms with Crippen molar-refractivity contribution in [2.45, 2.75) is 38.7 Å². The van der Waals surface area contributed by atoms with Crippen LogP contribution in [0, 0.1) is 5.92 Å². The van der Waals surface area contributed by atoms with Gasteiger partial charge in [-0.2, -0.15) is 0 Å². The highest BCUT2D eigenvalue weighted by Gasteiger charge is 2.33. The molecule has 0 spiro atoms. The molecule has 4 nitrogen and oxygen atoms in total. The fraction of sp³-hybridized carbons (Fsp3) is 0.900. The number of hydrogen-bond donors (Lipinski definition) is 3. The standard InChI is InChI=1S/C10H21N3O/c1-8(2)6-12-9(11)13-7-10(14)4-3-5-10/h8,14H,3-7H2,1-2H3,(H3,11,12,13). The molecule has 1 aliphatic carbocycles. The zero-order valence-electron chi connectivity index (χ0n) is 9.08. The van der Waals surface area contributed by atoms with Crippen molar-refractivity contribution in [3.8, 4) is 0 Å². The lowest BCUT2D eigenvalue weighted by Crippen LogP contribution is -2.42. The summed E-state index contributed by atoms with van der Waals surface area (Å²) in [6.45, 7) is 5.48. The molecule has 0 aromatic carbocycles. The summed E-state index contributed by atoms with van der Waals surface area (Å²) < 4.78 is 0. The summed E-state index contributed by atoms with van der Waals surface area (Å²) in [6.07, 6.45) is 2.81. The van der Waals surface area contributed by atoms with E-state index in [0.29, 0.717) is 18.4 Å². The molecule has 82 valence electrons. The van der Waals surface area contributed by atoms with Crippen LogP contribution >= 0.6 is 0 Å². The second-order valence-electron chi connectivity index (χ2n) is 4.55. The molecule has 0 radical (unpaired) electrons. The van der Waals surface area contributed by atoms with Crippen LogP contribution in [0.1, 0.15) is 33.1 Å². The number of hydrogen-bond acceptors (Lipinski definition) is 2. The maximum absolute atomic E-state index is 9.75. The molecule has 0 aromatic rings. The van der Waals surface area contributed by atoms with Crippen LogP contribution in [-0.4, -0.2) is 29.8 Å². The van der Waals surface area contributed by atoms with Gasteiger partial charge in [-0.1, -0.05) is 13.8 Å². The summed E-state index contributed by atoms with van der Waals surface area (Å²) >= 11 is 0. The Morgan fingerprint density at radius 1 is 1.57 bits per heavy atom. The Kier molecular flexibility index (Phi) is 3.75. The van der Waals surface area contributed by atoms with E-state index in [9.17, 15) is 5.11 Å². The Hall–Kier alpha value is -0.770. The second-order valence-corrected chi connectivity index (χ2v) is 4.55.